The lowest BCUT2D eigenvalue weighted by Gasteiger charge is -2.27. The summed E-state index contributed by atoms with van der Waals surface area (Å²) in [4.78, 5) is 0. The number of rotatable bonds is 1. The van der Waals surface area contributed by atoms with Gasteiger partial charge in [0.2, 0.25) is 0 Å². The van der Waals surface area contributed by atoms with Crippen LogP contribution in [-0.2, 0) is 4.74 Å². The smallest absolute Gasteiger partial charge is 0.117 e. The maximum atomic E-state index is 9.69. The zero-order valence-corrected chi connectivity index (χ0v) is 10.1. The molecule has 0 saturated carbocycles. The molecule has 1 aromatic carbocycles. The minimum atomic E-state index is -0.354. The second-order valence-corrected chi connectivity index (χ2v) is 4.51. The number of hydrogen-bond acceptors (Lipinski definition) is 5. The topological polar surface area (TPSA) is 84.7 Å². The number of benzene rings is 1. The van der Waals surface area contributed by atoms with Crippen LogP contribution in [0, 0.1) is 0 Å². The van der Waals surface area contributed by atoms with Gasteiger partial charge < -0.3 is 16.2 Å². The Kier molecular flexibility index (Phi) is 2.33. The fourth-order valence-corrected chi connectivity index (χ4v) is 2.62. The highest BCUT2D eigenvalue weighted by atomic mass is 16.5. The van der Waals surface area contributed by atoms with Crippen LogP contribution in [0.1, 0.15) is 11.6 Å². The summed E-state index contributed by atoms with van der Waals surface area (Å²) in [6.07, 6.45) is 3.56. The zero-order chi connectivity index (χ0) is 12.9. The summed E-state index contributed by atoms with van der Waals surface area (Å²) in [5.41, 5.74) is 14.7. The van der Waals surface area contributed by atoms with Crippen molar-refractivity contribution in [3.63, 3.8) is 0 Å². The van der Waals surface area contributed by atoms with E-state index in [9.17, 15) is 5.21 Å². The van der Waals surface area contributed by atoms with E-state index in [0.29, 0.717) is 18.0 Å². The molecule has 5 heteroatoms. The van der Waals surface area contributed by atoms with Gasteiger partial charge in [-0.3, -0.25) is 10.3 Å². The fraction of sp³-hybridized carbons (Fsp3) is 0.231. The standard InChI is InChI=1S/C13H15N3O2/c1-18-10-4-8-6-16(17)5-7-2-3-9(14)12(11(7)8)13(10)15/h2-5,13,17H,6,14-15H2,1H3. The number of nitrogens with zero attached hydrogens (tertiary/aromatic N) is 1. The summed E-state index contributed by atoms with van der Waals surface area (Å²) in [6.45, 7) is 0.406. The number of hydroxylamine groups is 2. The highest BCUT2D eigenvalue weighted by molar-refractivity contribution is 5.70. The normalized spacial score (nSPS) is 21.1. The molecule has 2 aliphatic rings. The molecule has 5 N–H and O–H groups in total. The molecule has 94 valence electrons. The summed E-state index contributed by atoms with van der Waals surface area (Å²) in [6, 6.07) is 3.33. The van der Waals surface area contributed by atoms with E-state index in [1.165, 1.54) is 0 Å². The molecular weight excluding hydrogens is 230 g/mol. The molecule has 18 heavy (non-hydrogen) atoms. The van der Waals surface area contributed by atoms with Crippen molar-refractivity contribution in [1.82, 2.24) is 5.06 Å². The van der Waals surface area contributed by atoms with Crippen molar-refractivity contribution in [3.8, 4) is 0 Å². The van der Waals surface area contributed by atoms with Gasteiger partial charge in [-0.25, -0.2) is 0 Å². The molecule has 5 nitrogen and oxygen atoms in total. The van der Waals surface area contributed by atoms with Gasteiger partial charge in [0.25, 0.3) is 0 Å². The van der Waals surface area contributed by atoms with E-state index in [0.717, 1.165) is 26.6 Å². The Balaban J connectivity index is 2.43. The number of hydrogen-bond donors (Lipinski definition) is 3. The third-order valence-electron chi connectivity index (χ3n) is 3.42. The van der Waals surface area contributed by atoms with E-state index in [-0.39, 0.29) is 6.04 Å². The van der Waals surface area contributed by atoms with Gasteiger partial charge in [0.15, 0.2) is 0 Å². The van der Waals surface area contributed by atoms with Gasteiger partial charge in [0, 0.05) is 22.7 Å². The van der Waals surface area contributed by atoms with Crippen LogP contribution >= 0.6 is 0 Å². The Labute approximate surface area is 104 Å². The van der Waals surface area contributed by atoms with Crippen LogP contribution in [0.5, 0.6) is 0 Å². The van der Waals surface area contributed by atoms with Crippen molar-refractivity contribution in [3.05, 3.63) is 40.0 Å². The molecule has 1 heterocycles. The summed E-state index contributed by atoms with van der Waals surface area (Å²) < 4.78 is 5.30. The largest absolute Gasteiger partial charge is 0.499 e. The molecule has 0 spiro atoms. The van der Waals surface area contributed by atoms with E-state index >= 15 is 0 Å². The monoisotopic (exact) mass is 245 g/mol. The minimum absolute atomic E-state index is 0.354. The molecule has 0 bridgehead atoms. The van der Waals surface area contributed by atoms with Crippen molar-refractivity contribution in [2.24, 2.45) is 5.73 Å². The Bertz CT molecular complexity index is 664. The lowest BCUT2D eigenvalue weighted by molar-refractivity contribution is -0.00757. The number of nitrogens with two attached hydrogens (primary N) is 2. The van der Waals surface area contributed by atoms with E-state index in [2.05, 4.69) is 0 Å². The van der Waals surface area contributed by atoms with Crippen molar-refractivity contribution in [2.75, 3.05) is 19.4 Å². The average molecular weight is 245 g/mol. The predicted molar refractivity (Wildman–Crippen MR) is 68.5 cm³/mol. The number of ether oxygens (including phenoxy) is 1. The first-order chi connectivity index (χ1) is 8.61. The molecule has 1 aliphatic carbocycles. The van der Waals surface area contributed by atoms with Crippen molar-refractivity contribution < 1.29 is 9.94 Å². The van der Waals surface area contributed by atoms with Crippen LogP contribution in [0.15, 0.2) is 24.0 Å². The van der Waals surface area contributed by atoms with E-state index in [1.807, 2.05) is 12.1 Å². The second-order valence-electron chi connectivity index (χ2n) is 4.51. The van der Waals surface area contributed by atoms with Gasteiger partial charge >= 0.3 is 0 Å². The molecule has 1 aliphatic heterocycles. The third kappa shape index (κ3) is 1.41. The SMILES string of the molecule is COC1=CC2=c3c(c(N)ccc3=CN(O)C2)C1N. The molecule has 0 aromatic heterocycles. The Morgan fingerprint density at radius 1 is 1.44 bits per heavy atom. The number of anilines is 1. The highest BCUT2D eigenvalue weighted by Crippen LogP contribution is 2.27. The number of nitrogen functional groups attached to an aromatic ring is 1. The molecule has 0 saturated heterocycles. The van der Waals surface area contributed by atoms with Crippen LogP contribution in [0.3, 0.4) is 0 Å². The lowest BCUT2D eigenvalue weighted by atomic mass is 9.90. The quantitative estimate of drug-likeness (QED) is 0.576. The van der Waals surface area contributed by atoms with Crippen molar-refractivity contribution in [2.45, 2.75) is 6.04 Å². The van der Waals surface area contributed by atoms with Gasteiger partial charge in [0.05, 0.1) is 19.7 Å². The average Bonchev–Trinajstić information content (AvgIpc) is 2.35. The van der Waals surface area contributed by atoms with Gasteiger partial charge in [0.1, 0.15) is 5.76 Å². The van der Waals surface area contributed by atoms with Crippen LogP contribution in [0.4, 0.5) is 5.69 Å². The summed E-state index contributed by atoms with van der Waals surface area (Å²) in [7, 11) is 1.59. The Hall–Kier alpha value is -1.98. The maximum Gasteiger partial charge on any atom is 0.117 e. The first-order valence-electron chi connectivity index (χ1n) is 5.72. The molecule has 0 amide bonds. The van der Waals surface area contributed by atoms with E-state index in [4.69, 9.17) is 16.2 Å². The fourth-order valence-electron chi connectivity index (χ4n) is 2.62. The van der Waals surface area contributed by atoms with Gasteiger partial charge in [-0.05, 0) is 22.9 Å². The lowest BCUT2D eigenvalue weighted by Crippen LogP contribution is -2.44. The van der Waals surface area contributed by atoms with Gasteiger partial charge in [-0.1, -0.05) is 6.07 Å². The summed E-state index contributed by atoms with van der Waals surface area (Å²) in [5, 5.41) is 12.8. The molecule has 1 unspecified atom stereocenters. The molecular formula is C13H15N3O2. The maximum absolute atomic E-state index is 9.69. The Morgan fingerprint density at radius 3 is 2.94 bits per heavy atom. The van der Waals surface area contributed by atoms with Crippen LogP contribution < -0.4 is 21.9 Å². The molecule has 0 radical (unpaired) electrons. The second kappa shape index (κ2) is 3.76. The summed E-state index contributed by atoms with van der Waals surface area (Å²) >= 11 is 0. The van der Waals surface area contributed by atoms with Crippen molar-refractivity contribution >= 4 is 17.5 Å². The van der Waals surface area contributed by atoms with E-state index < -0.39 is 0 Å². The minimum Gasteiger partial charge on any atom is -0.499 e. The first-order valence-corrected chi connectivity index (χ1v) is 5.72. The molecule has 0 fully saturated rings. The summed E-state index contributed by atoms with van der Waals surface area (Å²) in [5.74, 6) is 0.664. The molecule has 3 rings (SSSR count). The van der Waals surface area contributed by atoms with Gasteiger partial charge in [-0.2, -0.15) is 0 Å². The molecule has 1 aromatic rings. The zero-order valence-electron chi connectivity index (χ0n) is 10.1. The van der Waals surface area contributed by atoms with Crippen molar-refractivity contribution in [1.29, 1.82) is 0 Å². The third-order valence-corrected chi connectivity index (χ3v) is 3.42. The number of methoxy groups -OCH3 is 1. The van der Waals surface area contributed by atoms with Crippen LogP contribution in [0.25, 0.3) is 11.8 Å². The first kappa shape index (κ1) is 11.1. The van der Waals surface area contributed by atoms with Crippen LogP contribution in [-0.4, -0.2) is 23.9 Å². The van der Waals surface area contributed by atoms with Crippen LogP contribution in [0.2, 0.25) is 0 Å². The highest BCUT2D eigenvalue weighted by Gasteiger charge is 2.25. The predicted octanol–water partition coefficient (Wildman–Crippen LogP) is -0.594. The molecule has 1 atom stereocenters. The van der Waals surface area contributed by atoms with Gasteiger partial charge in [-0.15, -0.1) is 0 Å². The Morgan fingerprint density at radius 2 is 2.22 bits per heavy atom. The van der Waals surface area contributed by atoms with E-state index in [1.54, 1.807) is 19.4 Å².